The molecule has 1 aliphatic heterocycles. The molecular formula is C14H30N4O. The van der Waals surface area contributed by atoms with Crippen LogP contribution in [0.25, 0.3) is 0 Å². The van der Waals surface area contributed by atoms with Gasteiger partial charge >= 0.3 is 0 Å². The van der Waals surface area contributed by atoms with Crippen molar-refractivity contribution in [1.82, 2.24) is 15.5 Å². The van der Waals surface area contributed by atoms with E-state index in [9.17, 15) is 0 Å². The Bertz CT molecular complexity index is 275. The van der Waals surface area contributed by atoms with Crippen LogP contribution in [0.2, 0.25) is 0 Å². The molecule has 5 nitrogen and oxygen atoms in total. The number of likely N-dealkylation sites (N-methyl/N-ethyl adjacent to an activating group) is 1. The van der Waals surface area contributed by atoms with Gasteiger partial charge < -0.3 is 20.3 Å². The molecule has 2 N–H and O–H groups in total. The van der Waals surface area contributed by atoms with Gasteiger partial charge in [0.05, 0.1) is 12.1 Å². The summed E-state index contributed by atoms with van der Waals surface area (Å²) in [6.07, 6.45) is 2.26. The zero-order valence-electron chi connectivity index (χ0n) is 13.0. The van der Waals surface area contributed by atoms with Crippen LogP contribution in [0.3, 0.4) is 0 Å². The molecule has 5 heteroatoms. The molecule has 1 fully saturated rings. The molecular weight excluding hydrogens is 240 g/mol. The van der Waals surface area contributed by atoms with Gasteiger partial charge in [-0.1, -0.05) is 6.92 Å². The van der Waals surface area contributed by atoms with Crippen LogP contribution < -0.4 is 10.6 Å². The first kappa shape index (κ1) is 16.2. The highest BCUT2D eigenvalue weighted by Crippen LogP contribution is 2.24. The smallest absolute Gasteiger partial charge is 0.191 e. The van der Waals surface area contributed by atoms with Crippen molar-refractivity contribution in [2.45, 2.75) is 39.2 Å². The summed E-state index contributed by atoms with van der Waals surface area (Å²) in [5.74, 6) is 0.892. The highest BCUT2D eigenvalue weighted by atomic mass is 16.5. The van der Waals surface area contributed by atoms with E-state index in [2.05, 4.69) is 48.3 Å². The third-order valence-corrected chi connectivity index (χ3v) is 3.54. The molecule has 19 heavy (non-hydrogen) atoms. The Hall–Kier alpha value is -0.810. The Morgan fingerprint density at radius 2 is 2.16 bits per heavy atom. The van der Waals surface area contributed by atoms with E-state index in [-0.39, 0.29) is 5.60 Å². The van der Waals surface area contributed by atoms with Gasteiger partial charge in [0.1, 0.15) is 0 Å². The summed E-state index contributed by atoms with van der Waals surface area (Å²) in [4.78, 5) is 6.92. The first-order chi connectivity index (χ1) is 9.09. The second-order valence-electron chi connectivity index (χ2n) is 5.42. The van der Waals surface area contributed by atoms with Gasteiger partial charge in [0, 0.05) is 26.2 Å². The first-order valence-electron chi connectivity index (χ1n) is 7.44. The van der Waals surface area contributed by atoms with Crippen molar-refractivity contribution >= 4 is 5.96 Å². The minimum Gasteiger partial charge on any atom is -0.373 e. The van der Waals surface area contributed by atoms with Gasteiger partial charge in [-0.25, -0.2) is 0 Å². The van der Waals surface area contributed by atoms with Gasteiger partial charge in [-0.15, -0.1) is 0 Å². The van der Waals surface area contributed by atoms with E-state index in [0.29, 0.717) is 0 Å². The van der Waals surface area contributed by atoms with Gasteiger partial charge in [-0.3, -0.25) is 4.99 Å². The second-order valence-corrected chi connectivity index (χ2v) is 5.42. The molecule has 1 heterocycles. The topological polar surface area (TPSA) is 48.9 Å². The largest absolute Gasteiger partial charge is 0.373 e. The van der Waals surface area contributed by atoms with Crippen molar-refractivity contribution in [1.29, 1.82) is 0 Å². The monoisotopic (exact) mass is 270 g/mol. The van der Waals surface area contributed by atoms with Crippen molar-refractivity contribution in [3.63, 3.8) is 0 Å². The lowest BCUT2D eigenvalue weighted by Gasteiger charge is -2.22. The maximum Gasteiger partial charge on any atom is 0.191 e. The van der Waals surface area contributed by atoms with Crippen LogP contribution in [0.15, 0.2) is 4.99 Å². The fraction of sp³-hybridized carbons (Fsp3) is 0.929. The summed E-state index contributed by atoms with van der Waals surface area (Å²) >= 11 is 0. The maximum atomic E-state index is 5.76. The van der Waals surface area contributed by atoms with Gasteiger partial charge in [0.15, 0.2) is 5.96 Å². The van der Waals surface area contributed by atoms with Crippen LogP contribution in [0, 0.1) is 0 Å². The van der Waals surface area contributed by atoms with Gasteiger partial charge in [-0.05, 0) is 40.3 Å². The van der Waals surface area contributed by atoms with Crippen molar-refractivity contribution < 1.29 is 4.74 Å². The lowest BCUT2D eigenvalue weighted by Crippen LogP contribution is -2.42. The molecule has 0 spiro atoms. The zero-order valence-corrected chi connectivity index (χ0v) is 13.0. The summed E-state index contributed by atoms with van der Waals surface area (Å²) < 4.78 is 5.76. The molecule has 0 aliphatic carbocycles. The summed E-state index contributed by atoms with van der Waals surface area (Å²) in [6.45, 7) is 11.9. The quantitative estimate of drug-likeness (QED) is 0.536. The first-order valence-corrected chi connectivity index (χ1v) is 7.44. The second kappa shape index (κ2) is 8.38. The molecule has 1 atom stereocenters. The molecule has 0 radical (unpaired) electrons. The molecule has 1 unspecified atom stereocenters. The predicted octanol–water partition coefficient (Wildman–Crippen LogP) is 1.06. The summed E-state index contributed by atoms with van der Waals surface area (Å²) in [7, 11) is 2.12. The van der Waals surface area contributed by atoms with Crippen LogP contribution in [0.5, 0.6) is 0 Å². The lowest BCUT2D eigenvalue weighted by atomic mass is 10.0. The Kier molecular flexibility index (Phi) is 7.16. The van der Waals surface area contributed by atoms with E-state index < -0.39 is 0 Å². The number of nitrogens with zero attached hydrogens (tertiary/aromatic N) is 2. The Morgan fingerprint density at radius 1 is 1.37 bits per heavy atom. The molecule has 0 bridgehead atoms. The number of rotatable bonds is 7. The number of aliphatic imine (C=N–C) groups is 1. The Balaban J connectivity index is 2.37. The molecule has 112 valence electrons. The number of nitrogens with one attached hydrogen (secondary N) is 2. The maximum absolute atomic E-state index is 5.76. The number of hydrogen-bond donors (Lipinski definition) is 2. The minimum atomic E-state index is -0.0669. The van der Waals surface area contributed by atoms with Crippen molar-refractivity contribution in [3.05, 3.63) is 0 Å². The van der Waals surface area contributed by atoms with E-state index in [1.807, 2.05) is 0 Å². The normalized spacial score (nSPS) is 23.9. The molecule has 1 saturated heterocycles. The van der Waals surface area contributed by atoms with Crippen molar-refractivity contribution in [2.75, 3.05) is 46.4 Å². The number of hydrogen-bond acceptors (Lipinski definition) is 3. The third-order valence-electron chi connectivity index (χ3n) is 3.54. The van der Waals surface area contributed by atoms with Crippen molar-refractivity contribution in [3.8, 4) is 0 Å². The predicted molar refractivity (Wildman–Crippen MR) is 80.7 cm³/mol. The van der Waals surface area contributed by atoms with E-state index in [0.717, 1.165) is 58.1 Å². The van der Waals surface area contributed by atoms with Crippen molar-refractivity contribution in [2.24, 2.45) is 4.99 Å². The number of guanidine groups is 1. The fourth-order valence-electron chi connectivity index (χ4n) is 2.07. The van der Waals surface area contributed by atoms with Crippen LogP contribution >= 0.6 is 0 Å². The standard InChI is InChI=1S/C14H30N4O/c1-5-15-13(16-9-10-18(4)6-2)17-12-14(3)8-7-11-19-14/h5-12H2,1-4H3,(H2,15,16,17). The summed E-state index contributed by atoms with van der Waals surface area (Å²) in [5.41, 5.74) is -0.0669. The fourth-order valence-corrected chi connectivity index (χ4v) is 2.07. The van der Waals surface area contributed by atoms with Crippen LogP contribution in [-0.2, 0) is 4.74 Å². The van der Waals surface area contributed by atoms with E-state index >= 15 is 0 Å². The Morgan fingerprint density at radius 3 is 2.74 bits per heavy atom. The highest BCUT2D eigenvalue weighted by Gasteiger charge is 2.29. The summed E-state index contributed by atoms with van der Waals surface area (Å²) in [5, 5.41) is 6.65. The average molecular weight is 270 g/mol. The number of ether oxygens (including phenoxy) is 1. The SMILES string of the molecule is CCNC(=NCC1(C)CCCO1)NCCN(C)CC. The molecule has 0 amide bonds. The molecule has 0 aromatic carbocycles. The van der Waals surface area contributed by atoms with Crippen LogP contribution in [0.4, 0.5) is 0 Å². The average Bonchev–Trinajstić information content (AvgIpc) is 2.83. The van der Waals surface area contributed by atoms with Crippen LogP contribution in [0.1, 0.15) is 33.6 Å². The lowest BCUT2D eigenvalue weighted by molar-refractivity contribution is 0.0283. The minimum absolute atomic E-state index is 0.0669. The van der Waals surface area contributed by atoms with E-state index in [1.165, 1.54) is 0 Å². The van der Waals surface area contributed by atoms with Gasteiger partial charge in [0.2, 0.25) is 0 Å². The molecule has 1 rings (SSSR count). The zero-order chi connectivity index (χ0) is 14.1. The van der Waals surface area contributed by atoms with E-state index in [4.69, 9.17) is 4.74 Å². The molecule has 0 saturated carbocycles. The molecule has 1 aliphatic rings. The van der Waals surface area contributed by atoms with E-state index in [1.54, 1.807) is 0 Å². The van der Waals surface area contributed by atoms with Gasteiger partial charge in [-0.2, -0.15) is 0 Å². The molecule has 0 aromatic heterocycles. The third kappa shape index (κ3) is 6.25. The Labute approximate surface area is 117 Å². The highest BCUT2D eigenvalue weighted by molar-refractivity contribution is 5.79. The molecule has 0 aromatic rings. The summed E-state index contributed by atoms with van der Waals surface area (Å²) in [6, 6.07) is 0. The van der Waals surface area contributed by atoms with Gasteiger partial charge in [0.25, 0.3) is 0 Å². The van der Waals surface area contributed by atoms with Crippen LogP contribution in [-0.4, -0.2) is 62.8 Å².